The molecule has 1 aliphatic rings. The minimum atomic E-state index is 1.07. The van der Waals surface area contributed by atoms with Crippen LogP contribution in [-0.2, 0) is 0 Å². The summed E-state index contributed by atoms with van der Waals surface area (Å²) in [5, 5.41) is 7.83. The van der Waals surface area contributed by atoms with Gasteiger partial charge in [0.25, 0.3) is 0 Å². The second-order valence-electron chi connectivity index (χ2n) is 4.06. The third kappa shape index (κ3) is 1.66. The van der Waals surface area contributed by atoms with Gasteiger partial charge in [-0.15, -0.1) is 5.10 Å². The fourth-order valence-corrected chi connectivity index (χ4v) is 2.15. The van der Waals surface area contributed by atoms with Crippen molar-refractivity contribution in [3.8, 4) is 5.69 Å². The van der Waals surface area contributed by atoms with E-state index in [4.69, 9.17) is 0 Å². The lowest BCUT2D eigenvalue weighted by Crippen LogP contribution is -2.17. The standard InChI is InChI=1S/C12H14N4/c1-2-8-15(7-1)11-4-3-5-12(10-11)16-9-6-13-14-16/h3-6,9-10H,1-2,7-8H2. The largest absolute Gasteiger partial charge is 0.371 e. The maximum absolute atomic E-state index is 4.00. The quantitative estimate of drug-likeness (QED) is 0.765. The van der Waals surface area contributed by atoms with E-state index in [-0.39, 0.29) is 0 Å². The summed E-state index contributed by atoms with van der Waals surface area (Å²) in [4.78, 5) is 2.42. The molecule has 0 bridgehead atoms. The SMILES string of the molecule is c1cc(N2CCCC2)cc(-n2ccnn2)c1. The Hall–Kier alpha value is -1.84. The van der Waals surface area contributed by atoms with Gasteiger partial charge < -0.3 is 4.90 Å². The molecule has 0 N–H and O–H groups in total. The molecule has 0 spiro atoms. The van der Waals surface area contributed by atoms with Crippen molar-refractivity contribution in [1.29, 1.82) is 0 Å². The minimum Gasteiger partial charge on any atom is -0.371 e. The van der Waals surface area contributed by atoms with Crippen molar-refractivity contribution in [1.82, 2.24) is 15.0 Å². The Bertz CT molecular complexity index is 458. The number of hydrogen-bond donors (Lipinski definition) is 0. The zero-order chi connectivity index (χ0) is 10.8. The van der Waals surface area contributed by atoms with Crippen LogP contribution in [0.4, 0.5) is 5.69 Å². The Morgan fingerprint density at radius 2 is 1.88 bits per heavy atom. The number of aromatic nitrogens is 3. The average molecular weight is 214 g/mol. The molecule has 0 radical (unpaired) electrons. The molecule has 0 amide bonds. The molecule has 0 aliphatic carbocycles. The highest BCUT2D eigenvalue weighted by Crippen LogP contribution is 2.22. The predicted octanol–water partition coefficient (Wildman–Crippen LogP) is 1.87. The van der Waals surface area contributed by atoms with Gasteiger partial charge in [0.05, 0.1) is 18.1 Å². The monoisotopic (exact) mass is 214 g/mol. The van der Waals surface area contributed by atoms with Crippen LogP contribution in [0.2, 0.25) is 0 Å². The molecule has 2 aromatic rings. The lowest BCUT2D eigenvalue weighted by molar-refractivity contribution is 0.802. The minimum absolute atomic E-state index is 1.07. The fourth-order valence-electron chi connectivity index (χ4n) is 2.15. The fraction of sp³-hybridized carbons (Fsp3) is 0.333. The van der Waals surface area contributed by atoms with Crippen molar-refractivity contribution in [2.75, 3.05) is 18.0 Å². The van der Waals surface area contributed by atoms with E-state index in [1.54, 1.807) is 10.9 Å². The first kappa shape index (κ1) is 9.39. The maximum Gasteiger partial charge on any atom is 0.0697 e. The van der Waals surface area contributed by atoms with Gasteiger partial charge in [-0.1, -0.05) is 11.3 Å². The van der Waals surface area contributed by atoms with Crippen LogP contribution in [0.5, 0.6) is 0 Å². The second-order valence-corrected chi connectivity index (χ2v) is 4.06. The summed E-state index contributed by atoms with van der Waals surface area (Å²) in [6, 6.07) is 8.45. The summed E-state index contributed by atoms with van der Waals surface area (Å²) in [5.41, 5.74) is 2.35. The van der Waals surface area contributed by atoms with Crippen LogP contribution in [0.15, 0.2) is 36.7 Å². The smallest absolute Gasteiger partial charge is 0.0697 e. The van der Waals surface area contributed by atoms with Gasteiger partial charge in [-0.05, 0) is 31.0 Å². The predicted molar refractivity (Wildman–Crippen MR) is 62.8 cm³/mol. The number of anilines is 1. The van der Waals surface area contributed by atoms with Crippen molar-refractivity contribution in [2.45, 2.75) is 12.8 Å². The highest BCUT2D eigenvalue weighted by molar-refractivity contribution is 5.53. The van der Waals surface area contributed by atoms with E-state index >= 15 is 0 Å². The number of hydrogen-bond acceptors (Lipinski definition) is 3. The first-order valence-corrected chi connectivity index (χ1v) is 5.65. The van der Waals surface area contributed by atoms with Crippen LogP contribution in [0.3, 0.4) is 0 Å². The van der Waals surface area contributed by atoms with E-state index in [0.29, 0.717) is 0 Å². The third-order valence-electron chi connectivity index (χ3n) is 2.99. The zero-order valence-corrected chi connectivity index (χ0v) is 9.08. The van der Waals surface area contributed by atoms with Crippen LogP contribution in [0.1, 0.15) is 12.8 Å². The van der Waals surface area contributed by atoms with E-state index in [9.17, 15) is 0 Å². The van der Waals surface area contributed by atoms with Crippen molar-refractivity contribution < 1.29 is 0 Å². The Morgan fingerprint density at radius 1 is 1.06 bits per heavy atom. The lowest BCUT2D eigenvalue weighted by Gasteiger charge is -2.18. The van der Waals surface area contributed by atoms with E-state index in [1.165, 1.54) is 31.6 Å². The Morgan fingerprint density at radius 3 is 2.62 bits per heavy atom. The van der Waals surface area contributed by atoms with Crippen LogP contribution < -0.4 is 4.90 Å². The summed E-state index contributed by atoms with van der Waals surface area (Å²) in [6.45, 7) is 2.33. The molecule has 3 rings (SSSR count). The normalized spacial score (nSPS) is 15.6. The third-order valence-corrected chi connectivity index (χ3v) is 2.99. The molecule has 0 saturated carbocycles. The van der Waals surface area contributed by atoms with Crippen molar-refractivity contribution in [3.63, 3.8) is 0 Å². The Balaban J connectivity index is 1.93. The highest BCUT2D eigenvalue weighted by atomic mass is 15.4. The lowest BCUT2D eigenvalue weighted by atomic mass is 10.2. The van der Waals surface area contributed by atoms with E-state index in [1.807, 2.05) is 12.3 Å². The first-order valence-electron chi connectivity index (χ1n) is 5.65. The van der Waals surface area contributed by atoms with Gasteiger partial charge in [0.1, 0.15) is 0 Å². The van der Waals surface area contributed by atoms with Crippen LogP contribution in [0.25, 0.3) is 5.69 Å². The summed E-state index contributed by atoms with van der Waals surface area (Å²) in [6.07, 6.45) is 6.16. The summed E-state index contributed by atoms with van der Waals surface area (Å²) in [5.74, 6) is 0. The molecule has 2 heterocycles. The van der Waals surface area contributed by atoms with Crippen molar-refractivity contribution in [3.05, 3.63) is 36.7 Å². The highest BCUT2D eigenvalue weighted by Gasteiger charge is 2.12. The van der Waals surface area contributed by atoms with Gasteiger partial charge in [0.2, 0.25) is 0 Å². The Labute approximate surface area is 94.5 Å². The molecule has 0 atom stereocenters. The first-order chi connectivity index (χ1) is 7.93. The average Bonchev–Trinajstić information content (AvgIpc) is 3.03. The molecule has 82 valence electrons. The number of rotatable bonds is 2. The van der Waals surface area contributed by atoms with Gasteiger partial charge in [-0.25, -0.2) is 4.68 Å². The molecule has 1 fully saturated rings. The molecule has 4 nitrogen and oxygen atoms in total. The Kier molecular flexibility index (Phi) is 2.33. The molecule has 4 heteroatoms. The summed E-state index contributed by atoms with van der Waals surface area (Å²) < 4.78 is 1.79. The summed E-state index contributed by atoms with van der Waals surface area (Å²) in [7, 11) is 0. The molecule has 1 saturated heterocycles. The van der Waals surface area contributed by atoms with Gasteiger partial charge in [-0.3, -0.25) is 0 Å². The van der Waals surface area contributed by atoms with Gasteiger partial charge >= 0.3 is 0 Å². The van der Waals surface area contributed by atoms with Gasteiger partial charge in [-0.2, -0.15) is 0 Å². The van der Waals surface area contributed by atoms with Gasteiger partial charge in [0.15, 0.2) is 0 Å². The van der Waals surface area contributed by atoms with Crippen LogP contribution >= 0.6 is 0 Å². The maximum atomic E-state index is 4.00. The second kappa shape index (κ2) is 3.96. The molecular weight excluding hydrogens is 200 g/mol. The van der Waals surface area contributed by atoms with Crippen LogP contribution in [-0.4, -0.2) is 28.1 Å². The molecule has 1 aromatic heterocycles. The molecule has 1 aromatic carbocycles. The van der Waals surface area contributed by atoms with Crippen LogP contribution in [0, 0.1) is 0 Å². The topological polar surface area (TPSA) is 34.0 Å². The van der Waals surface area contributed by atoms with Gasteiger partial charge in [0, 0.05) is 18.8 Å². The van der Waals surface area contributed by atoms with Crippen molar-refractivity contribution >= 4 is 5.69 Å². The molecule has 16 heavy (non-hydrogen) atoms. The van der Waals surface area contributed by atoms with E-state index < -0.39 is 0 Å². The van der Waals surface area contributed by atoms with E-state index in [0.717, 1.165) is 5.69 Å². The van der Waals surface area contributed by atoms with E-state index in [2.05, 4.69) is 33.4 Å². The van der Waals surface area contributed by atoms with Crippen molar-refractivity contribution in [2.24, 2.45) is 0 Å². The summed E-state index contributed by atoms with van der Waals surface area (Å²) >= 11 is 0. The molecule has 0 unspecified atom stereocenters. The number of nitrogens with zero attached hydrogens (tertiary/aromatic N) is 4. The molecular formula is C12H14N4. The number of benzene rings is 1. The molecule has 1 aliphatic heterocycles. The zero-order valence-electron chi connectivity index (χ0n) is 9.08.